The van der Waals surface area contributed by atoms with Crippen LogP contribution in [0.2, 0.25) is 0 Å². The number of ether oxygens (including phenoxy) is 8. The summed E-state index contributed by atoms with van der Waals surface area (Å²) in [4.78, 5) is 90.2. The number of rotatable bonds is 23. The van der Waals surface area contributed by atoms with Crippen LogP contribution in [0.3, 0.4) is 0 Å². The third kappa shape index (κ3) is 23.2. The van der Waals surface area contributed by atoms with Crippen molar-refractivity contribution in [3.05, 3.63) is 327 Å². The van der Waals surface area contributed by atoms with Gasteiger partial charge in [0.05, 0.1) is 0 Å². The quantitative estimate of drug-likeness (QED) is 0.0252. The van der Waals surface area contributed by atoms with Crippen LogP contribution in [0, 0.1) is 11.6 Å². The Morgan fingerprint density at radius 2 is 0.519 bits per heavy atom. The molecule has 0 fully saturated rings. The molecule has 0 spiro atoms. The minimum atomic E-state index is -5.80. The van der Waals surface area contributed by atoms with Crippen LogP contribution in [0.25, 0.3) is 11.1 Å². The van der Waals surface area contributed by atoms with Crippen molar-refractivity contribution in [1.29, 1.82) is 0 Å². The van der Waals surface area contributed by atoms with E-state index in [1.807, 2.05) is 48.5 Å². The topological polar surface area (TPSA) is 210 Å². The minimum Gasteiger partial charge on any atom is -0.423 e. The molecule has 16 nitrogen and oxygen atoms in total. The number of carbonyl (C=O) groups is 8. The minimum absolute atomic E-state index is 0. The molecule has 0 unspecified atom stereocenters. The van der Waals surface area contributed by atoms with Gasteiger partial charge in [-0.15, -0.1) is 0 Å². The number of benzene rings is 8. The summed E-state index contributed by atoms with van der Waals surface area (Å²) in [5.41, 5.74) is -2.00. The molecule has 24 heteroatoms. The van der Waals surface area contributed by atoms with Crippen molar-refractivity contribution in [3.8, 4) is 57.1 Å². The van der Waals surface area contributed by atoms with Gasteiger partial charge in [-0.1, -0.05) is 173 Å². The zero-order valence-corrected chi connectivity index (χ0v) is 58.5. The highest BCUT2D eigenvalue weighted by atomic mass is 19.4. The zero-order chi connectivity index (χ0) is 79.8. The molecule has 0 saturated heterocycles. The molecular formula is C84H74F8O16. The van der Waals surface area contributed by atoms with Crippen molar-refractivity contribution in [2.75, 3.05) is 0 Å². The van der Waals surface area contributed by atoms with Crippen molar-refractivity contribution in [2.45, 2.75) is 77.6 Å². The molecule has 8 aromatic rings. The van der Waals surface area contributed by atoms with Gasteiger partial charge in [-0.25, -0.2) is 42.7 Å². The first-order valence-corrected chi connectivity index (χ1v) is 31.5. The van der Waals surface area contributed by atoms with E-state index in [9.17, 15) is 73.5 Å². The van der Waals surface area contributed by atoms with Crippen molar-refractivity contribution >= 4 is 47.8 Å². The largest absolute Gasteiger partial charge is 0.423 e. The molecule has 0 bridgehead atoms. The lowest BCUT2D eigenvalue weighted by Gasteiger charge is -2.38. The van der Waals surface area contributed by atoms with Gasteiger partial charge in [0.1, 0.15) is 40.2 Å². The predicted octanol–water partition coefficient (Wildman–Crippen LogP) is 18.9. The van der Waals surface area contributed by atoms with E-state index in [0.717, 1.165) is 89.0 Å². The van der Waals surface area contributed by atoms with Crippen molar-refractivity contribution < 1.29 is 111 Å². The number of esters is 8. The normalized spacial score (nSPS) is 10.8. The molecule has 0 atom stereocenters. The molecule has 0 saturated carbocycles. The molecular weight excluding hydrogens is 1420 g/mol. The second kappa shape index (κ2) is 38.6. The molecule has 0 aliphatic carbocycles. The van der Waals surface area contributed by atoms with E-state index in [0.29, 0.717) is 64.0 Å². The predicted molar refractivity (Wildman–Crippen MR) is 390 cm³/mol. The molecule has 0 heterocycles. The first-order valence-electron chi connectivity index (χ1n) is 31.5. The highest BCUT2D eigenvalue weighted by Crippen LogP contribution is 2.56. The fourth-order valence-corrected chi connectivity index (χ4v) is 9.48. The first kappa shape index (κ1) is 87.3. The molecule has 0 aromatic heterocycles. The number of halogens is 8. The molecule has 108 heavy (non-hydrogen) atoms. The average Bonchev–Trinajstić information content (AvgIpc) is 0.716. The van der Waals surface area contributed by atoms with Crippen molar-refractivity contribution in [3.63, 3.8) is 0 Å². The third-order valence-corrected chi connectivity index (χ3v) is 15.4. The Bertz CT molecular complexity index is 4410. The van der Waals surface area contributed by atoms with Gasteiger partial charge in [0.2, 0.25) is 11.2 Å². The Labute approximate surface area is 618 Å². The Kier molecular flexibility index (Phi) is 31.2. The summed E-state index contributed by atoms with van der Waals surface area (Å²) in [6, 6.07) is 43.1. The second-order valence-electron chi connectivity index (χ2n) is 23.5. The van der Waals surface area contributed by atoms with Gasteiger partial charge >= 0.3 is 60.1 Å². The molecule has 0 N–H and O–H groups in total. The summed E-state index contributed by atoms with van der Waals surface area (Å²) in [7, 11) is 0. The maximum atomic E-state index is 14.2. The first-order chi connectivity index (χ1) is 50.3. The van der Waals surface area contributed by atoms with Gasteiger partial charge in [-0.05, 0) is 150 Å². The van der Waals surface area contributed by atoms with Gasteiger partial charge in [0, 0.05) is 64.0 Å². The summed E-state index contributed by atoms with van der Waals surface area (Å²) >= 11 is 0. The number of alkyl halides is 6. The maximum Gasteiger partial charge on any atom is 0.411 e. The lowest BCUT2D eigenvalue weighted by molar-refractivity contribution is -0.288. The zero-order valence-electron chi connectivity index (χ0n) is 58.5. The van der Waals surface area contributed by atoms with E-state index in [1.165, 1.54) is 30.3 Å². The highest BCUT2D eigenvalue weighted by molar-refractivity contribution is 5.90. The average molecular weight is 1490 g/mol. The van der Waals surface area contributed by atoms with Crippen LogP contribution < -0.4 is 37.9 Å². The molecule has 0 amide bonds. The van der Waals surface area contributed by atoms with E-state index in [1.54, 1.807) is 62.4 Å². The highest BCUT2D eigenvalue weighted by Gasteiger charge is 2.72. The summed E-state index contributed by atoms with van der Waals surface area (Å²) in [5.74, 6) is -6.65. The van der Waals surface area contributed by atoms with Crippen molar-refractivity contribution in [1.82, 2.24) is 0 Å². The fourth-order valence-electron chi connectivity index (χ4n) is 9.48. The SMILES string of the molecule is C.C=C(C)C(=O)Oc1ccc(C(C)(C)c2ccc(OC(=O)C(=C)C)cc2)cc1.C=CC(=O)Oc1ccc(-c2ccc(OC(=O)C=C)c(F)c2F)cc1.C=CC(=O)Oc1ccc(C(C)(C)c2ccc(OC(=O)C=C)cc2)cc1.C=CC(=O)Oc1ccc(C(c2ccc(OC(=O)C=C)cc2)(C(F)(F)F)C(F)(F)F)cc1. The van der Waals surface area contributed by atoms with E-state index in [4.69, 9.17) is 33.2 Å². The van der Waals surface area contributed by atoms with Crippen LogP contribution in [-0.2, 0) is 54.6 Å². The Hall–Kier alpha value is -13.1. The summed E-state index contributed by atoms with van der Waals surface area (Å²) < 4.78 is 152. The Balaban J connectivity index is 0.000000305. The van der Waals surface area contributed by atoms with Crippen LogP contribution in [0.15, 0.2) is 282 Å². The van der Waals surface area contributed by atoms with Crippen LogP contribution in [0.1, 0.15) is 82.3 Å². The van der Waals surface area contributed by atoms with E-state index >= 15 is 0 Å². The summed E-state index contributed by atoms with van der Waals surface area (Å²) in [6.45, 7) is 38.2. The summed E-state index contributed by atoms with van der Waals surface area (Å²) in [6.07, 6.45) is -5.94. The lowest BCUT2D eigenvalue weighted by Crippen LogP contribution is -2.54. The van der Waals surface area contributed by atoms with Crippen molar-refractivity contribution in [2.24, 2.45) is 0 Å². The van der Waals surface area contributed by atoms with Gasteiger partial charge in [0.25, 0.3) is 0 Å². The molecule has 0 aliphatic heterocycles. The number of carbonyl (C=O) groups excluding carboxylic acids is 8. The standard InChI is InChI=1S/C23H24O4.C21H14F6O4.C21H20O4.C18H12F2O4.CH4/c1-15(2)21(24)26-19-11-7-17(8-12-19)23(5,6)18-9-13-20(14-10-18)27-22(25)16(3)4;1-3-17(28)30-15-9-5-13(6-10-15)19(20(22,23)24,21(25,26)27)14-7-11-16(12-8-14)31-18(29)4-2;1-5-19(22)24-17-11-7-15(8-12-17)21(3,4)16-9-13-18(14-10-16)25-20(23)6-2;1-3-15(21)23-12-7-5-11(6-8-12)13-9-10-14(18(20)17(13)19)24-16(22)4-2;/h7-14H,1,3H2,2,4-6H3;3-12H,1-2H2;5-14H,1-2H2,3-4H3;3-10H,1-2H2;1H4. The smallest absolute Gasteiger partial charge is 0.411 e. The third-order valence-electron chi connectivity index (χ3n) is 15.4. The van der Waals surface area contributed by atoms with E-state index in [2.05, 4.69) is 85.1 Å². The van der Waals surface area contributed by atoms with Gasteiger partial charge in [-0.3, -0.25) is 0 Å². The van der Waals surface area contributed by atoms with Crippen LogP contribution >= 0.6 is 0 Å². The summed E-state index contributed by atoms with van der Waals surface area (Å²) in [5, 5.41) is 0. The van der Waals surface area contributed by atoms with E-state index in [-0.39, 0.29) is 41.1 Å². The van der Waals surface area contributed by atoms with Gasteiger partial charge < -0.3 is 37.9 Å². The fraction of sp³-hybridized carbons (Fsp3) is 0.143. The number of hydrogen-bond donors (Lipinski definition) is 0. The lowest BCUT2D eigenvalue weighted by atomic mass is 9.73. The second-order valence-corrected chi connectivity index (χ2v) is 23.5. The molecule has 8 rings (SSSR count). The van der Waals surface area contributed by atoms with Crippen LogP contribution in [0.5, 0.6) is 46.0 Å². The molecule has 0 aliphatic rings. The molecule has 8 aromatic carbocycles. The van der Waals surface area contributed by atoms with Crippen LogP contribution in [0.4, 0.5) is 35.1 Å². The monoisotopic (exact) mass is 1490 g/mol. The molecule has 0 radical (unpaired) electrons. The Morgan fingerprint density at radius 3 is 0.741 bits per heavy atom. The molecule has 562 valence electrons. The van der Waals surface area contributed by atoms with Crippen LogP contribution in [-0.4, -0.2) is 60.1 Å². The Morgan fingerprint density at radius 1 is 0.306 bits per heavy atom. The van der Waals surface area contributed by atoms with E-state index < -0.39 is 94.0 Å². The van der Waals surface area contributed by atoms with Gasteiger partial charge in [-0.2, -0.15) is 30.7 Å². The van der Waals surface area contributed by atoms with Gasteiger partial charge in [0.15, 0.2) is 11.6 Å². The number of hydrogen-bond acceptors (Lipinski definition) is 16. The maximum absolute atomic E-state index is 14.2.